The van der Waals surface area contributed by atoms with Gasteiger partial charge in [-0.05, 0) is 5.56 Å². The first-order valence-corrected chi connectivity index (χ1v) is 6.88. The molecule has 1 fully saturated rings. The highest BCUT2D eigenvalue weighted by molar-refractivity contribution is 9.10. The van der Waals surface area contributed by atoms with Gasteiger partial charge in [-0.25, -0.2) is 0 Å². The summed E-state index contributed by atoms with van der Waals surface area (Å²) in [7, 11) is 0. The molecule has 3 nitrogen and oxygen atoms in total. The van der Waals surface area contributed by atoms with Crippen LogP contribution in [0.15, 0.2) is 30.3 Å². The normalized spacial score (nSPS) is 17.5. The van der Waals surface area contributed by atoms with Crippen molar-refractivity contribution >= 4 is 21.8 Å². The van der Waals surface area contributed by atoms with Crippen LogP contribution in [0.25, 0.3) is 0 Å². The first kappa shape index (κ1) is 14.4. The van der Waals surface area contributed by atoms with E-state index in [4.69, 9.17) is 0 Å². The Morgan fingerprint density at radius 3 is 2.26 bits per heavy atom. The fourth-order valence-electron chi connectivity index (χ4n) is 2.13. The third kappa shape index (κ3) is 3.98. The van der Waals surface area contributed by atoms with E-state index >= 15 is 0 Å². The topological polar surface area (TPSA) is 23.6 Å². The van der Waals surface area contributed by atoms with Crippen LogP contribution in [0, 0.1) is 0 Å². The molecule has 104 valence electrons. The minimum Gasteiger partial charge on any atom is -0.334 e. The van der Waals surface area contributed by atoms with Crippen molar-refractivity contribution in [3.63, 3.8) is 0 Å². The Hall–Kier alpha value is -1.01. The third-order valence-electron chi connectivity index (χ3n) is 3.15. The van der Waals surface area contributed by atoms with Gasteiger partial charge in [-0.2, -0.15) is 8.78 Å². The lowest BCUT2D eigenvalue weighted by atomic mass is 10.2. The molecule has 0 bridgehead atoms. The number of carbonyl (C=O) groups excluding carboxylic acids is 1. The van der Waals surface area contributed by atoms with E-state index in [2.05, 4.69) is 20.8 Å². The third-order valence-corrected chi connectivity index (χ3v) is 3.49. The highest BCUT2D eigenvalue weighted by atomic mass is 79.9. The largest absolute Gasteiger partial charge is 0.377 e. The average Bonchev–Trinajstić information content (AvgIpc) is 2.39. The van der Waals surface area contributed by atoms with E-state index in [1.54, 1.807) is 0 Å². The molecule has 6 heteroatoms. The van der Waals surface area contributed by atoms with E-state index in [0.717, 1.165) is 6.54 Å². The molecule has 1 amide bonds. The van der Waals surface area contributed by atoms with Crippen LogP contribution in [-0.4, -0.2) is 46.7 Å². The van der Waals surface area contributed by atoms with Gasteiger partial charge in [0.05, 0.1) is 0 Å². The Morgan fingerprint density at radius 1 is 1.16 bits per heavy atom. The number of benzene rings is 1. The lowest BCUT2D eigenvalue weighted by Gasteiger charge is -2.35. The molecule has 0 N–H and O–H groups in total. The van der Waals surface area contributed by atoms with Crippen molar-refractivity contribution in [1.82, 2.24) is 9.80 Å². The molecule has 1 aromatic rings. The molecule has 1 aliphatic rings. The van der Waals surface area contributed by atoms with Crippen molar-refractivity contribution in [2.75, 3.05) is 26.2 Å². The lowest BCUT2D eigenvalue weighted by Crippen LogP contribution is -2.51. The van der Waals surface area contributed by atoms with Crippen molar-refractivity contribution in [2.24, 2.45) is 0 Å². The maximum atomic E-state index is 12.9. The number of rotatable bonds is 3. The molecular formula is C13H15BrF2N2O. The van der Waals surface area contributed by atoms with Crippen molar-refractivity contribution in [3.8, 4) is 0 Å². The number of alkyl halides is 3. The van der Waals surface area contributed by atoms with Crippen LogP contribution in [0.5, 0.6) is 0 Å². The molecule has 0 aliphatic carbocycles. The smallest absolute Gasteiger partial charge is 0.334 e. The maximum absolute atomic E-state index is 12.9. The van der Waals surface area contributed by atoms with E-state index in [1.165, 1.54) is 10.5 Å². The van der Waals surface area contributed by atoms with Gasteiger partial charge < -0.3 is 4.90 Å². The van der Waals surface area contributed by atoms with Gasteiger partial charge in [0.25, 0.3) is 0 Å². The zero-order valence-corrected chi connectivity index (χ0v) is 11.9. The molecule has 0 aromatic heterocycles. The van der Waals surface area contributed by atoms with Gasteiger partial charge in [0.15, 0.2) is 0 Å². The Balaban J connectivity index is 1.85. The zero-order valence-electron chi connectivity index (χ0n) is 10.4. The Labute approximate surface area is 119 Å². The summed E-state index contributed by atoms with van der Waals surface area (Å²) in [6, 6.07) is 9.97. The zero-order chi connectivity index (χ0) is 13.9. The molecule has 1 aromatic carbocycles. The summed E-state index contributed by atoms with van der Waals surface area (Å²) >= 11 is 2.11. The number of hydrogen-bond acceptors (Lipinski definition) is 2. The molecule has 0 unspecified atom stereocenters. The number of piperazine rings is 1. The predicted molar refractivity (Wildman–Crippen MR) is 72.2 cm³/mol. The summed E-state index contributed by atoms with van der Waals surface area (Å²) in [5.41, 5.74) is 1.19. The molecule has 0 atom stereocenters. The molecular weight excluding hydrogens is 318 g/mol. The minimum atomic E-state index is -3.45. The van der Waals surface area contributed by atoms with Crippen LogP contribution in [-0.2, 0) is 11.3 Å². The average molecular weight is 333 g/mol. The second-order valence-electron chi connectivity index (χ2n) is 4.55. The Morgan fingerprint density at radius 2 is 1.74 bits per heavy atom. The maximum Gasteiger partial charge on any atom is 0.377 e. The van der Waals surface area contributed by atoms with Gasteiger partial charge in [-0.1, -0.05) is 30.3 Å². The van der Waals surface area contributed by atoms with Crippen molar-refractivity contribution in [1.29, 1.82) is 0 Å². The van der Waals surface area contributed by atoms with Crippen LogP contribution < -0.4 is 0 Å². The summed E-state index contributed by atoms with van der Waals surface area (Å²) in [6.45, 7) is 2.70. The molecule has 1 aliphatic heterocycles. The number of carbonyl (C=O) groups is 1. The Bertz CT molecular complexity index is 428. The fourth-order valence-corrected chi connectivity index (χ4v) is 2.38. The van der Waals surface area contributed by atoms with Gasteiger partial charge in [0.1, 0.15) is 0 Å². The first-order valence-electron chi connectivity index (χ1n) is 6.09. The van der Waals surface area contributed by atoms with Crippen LogP contribution in [0.4, 0.5) is 8.78 Å². The molecule has 2 rings (SSSR count). The van der Waals surface area contributed by atoms with E-state index < -0.39 is 10.7 Å². The summed E-state index contributed by atoms with van der Waals surface area (Å²) < 4.78 is 25.7. The molecule has 0 saturated carbocycles. The number of halogens is 3. The van der Waals surface area contributed by atoms with Crippen LogP contribution in [0.1, 0.15) is 5.56 Å². The second kappa shape index (κ2) is 5.96. The molecule has 0 radical (unpaired) electrons. The Kier molecular flexibility index (Phi) is 4.52. The first-order chi connectivity index (χ1) is 8.97. The van der Waals surface area contributed by atoms with Crippen LogP contribution in [0.3, 0.4) is 0 Å². The van der Waals surface area contributed by atoms with E-state index in [-0.39, 0.29) is 0 Å². The van der Waals surface area contributed by atoms with Crippen molar-refractivity contribution in [3.05, 3.63) is 35.9 Å². The number of nitrogens with zero attached hydrogens (tertiary/aromatic N) is 2. The van der Waals surface area contributed by atoms with E-state index in [1.807, 2.05) is 30.3 Å². The summed E-state index contributed by atoms with van der Waals surface area (Å²) in [5, 5.41) is 0. The van der Waals surface area contributed by atoms with Gasteiger partial charge in [0, 0.05) is 48.7 Å². The molecule has 1 heterocycles. The lowest BCUT2D eigenvalue weighted by molar-refractivity contribution is -0.147. The summed E-state index contributed by atoms with van der Waals surface area (Å²) in [6.07, 6.45) is 0. The van der Waals surface area contributed by atoms with Crippen molar-refractivity contribution < 1.29 is 13.6 Å². The fraction of sp³-hybridized carbons (Fsp3) is 0.462. The highest BCUT2D eigenvalue weighted by Gasteiger charge is 2.39. The minimum absolute atomic E-state index is 0.340. The van der Waals surface area contributed by atoms with Gasteiger partial charge >= 0.3 is 10.7 Å². The summed E-state index contributed by atoms with van der Waals surface area (Å²) in [4.78, 5) is 11.3. The molecule has 0 spiro atoms. The SMILES string of the molecule is O=C(N1CCN(Cc2ccccc2)CC1)C(F)(F)Br. The van der Waals surface area contributed by atoms with Gasteiger partial charge in [-0.3, -0.25) is 9.69 Å². The van der Waals surface area contributed by atoms with E-state index in [9.17, 15) is 13.6 Å². The highest BCUT2D eigenvalue weighted by Crippen LogP contribution is 2.25. The standard InChI is InChI=1S/C13H15BrF2N2O/c14-13(15,16)12(19)18-8-6-17(7-9-18)10-11-4-2-1-3-5-11/h1-5H,6-10H2. The van der Waals surface area contributed by atoms with Gasteiger partial charge in [-0.15, -0.1) is 0 Å². The number of amides is 1. The van der Waals surface area contributed by atoms with E-state index in [0.29, 0.717) is 26.2 Å². The number of hydrogen-bond donors (Lipinski definition) is 0. The van der Waals surface area contributed by atoms with Gasteiger partial charge in [0.2, 0.25) is 0 Å². The summed E-state index contributed by atoms with van der Waals surface area (Å²) in [5.74, 6) is -1.15. The predicted octanol–water partition coefficient (Wildman–Crippen LogP) is 2.32. The van der Waals surface area contributed by atoms with Crippen molar-refractivity contribution in [2.45, 2.75) is 11.4 Å². The molecule has 19 heavy (non-hydrogen) atoms. The quantitative estimate of drug-likeness (QED) is 0.793. The van der Waals surface area contributed by atoms with Crippen LogP contribution in [0.2, 0.25) is 0 Å². The monoisotopic (exact) mass is 332 g/mol. The second-order valence-corrected chi connectivity index (χ2v) is 5.55. The van der Waals surface area contributed by atoms with Crippen LogP contribution >= 0.6 is 15.9 Å². The molecule has 1 saturated heterocycles.